The van der Waals surface area contributed by atoms with Gasteiger partial charge in [-0.3, -0.25) is 4.79 Å². The maximum absolute atomic E-state index is 11.9. The molecule has 1 heterocycles. The molecule has 2 rings (SSSR count). The van der Waals surface area contributed by atoms with Crippen molar-refractivity contribution >= 4 is 21.4 Å². The van der Waals surface area contributed by atoms with Crippen LogP contribution in [0.4, 0.5) is 5.69 Å². The fourth-order valence-corrected chi connectivity index (χ4v) is 2.37. The highest BCUT2D eigenvalue weighted by atomic mass is 32.2. The molecule has 0 saturated heterocycles. The summed E-state index contributed by atoms with van der Waals surface area (Å²) < 4.78 is 27.7. The number of nitrogens with zero attached hydrogens (tertiary/aromatic N) is 1. The van der Waals surface area contributed by atoms with Crippen molar-refractivity contribution in [3.8, 4) is 0 Å². The van der Waals surface area contributed by atoms with Crippen molar-refractivity contribution in [2.75, 3.05) is 11.6 Å². The third-order valence-corrected chi connectivity index (χ3v) is 3.84. The van der Waals surface area contributed by atoms with Crippen LogP contribution in [-0.2, 0) is 9.84 Å². The van der Waals surface area contributed by atoms with Crippen LogP contribution in [0.15, 0.2) is 33.7 Å². The van der Waals surface area contributed by atoms with E-state index in [9.17, 15) is 13.2 Å². The van der Waals surface area contributed by atoms with Gasteiger partial charge in [0, 0.05) is 18.0 Å². The Morgan fingerprint density at radius 2 is 1.95 bits per heavy atom. The van der Waals surface area contributed by atoms with Gasteiger partial charge in [-0.15, -0.1) is 0 Å². The molecule has 0 fully saturated rings. The summed E-state index contributed by atoms with van der Waals surface area (Å²) in [7, 11) is -3.26. The van der Waals surface area contributed by atoms with E-state index in [0.29, 0.717) is 16.9 Å². The molecule has 0 saturated carbocycles. The average molecular weight is 294 g/mol. The standard InChI is InChI=1S/C13H14N2O4S/c1-8-6-10(20(3,17)18)4-5-11(8)14-13(16)12-7-9(2)15-19-12/h4-7H,1-3H3,(H,14,16). The van der Waals surface area contributed by atoms with Gasteiger partial charge < -0.3 is 9.84 Å². The molecular weight excluding hydrogens is 280 g/mol. The summed E-state index contributed by atoms with van der Waals surface area (Å²) in [6, 6.07) is 6.03. The van der Waals surface area contributed by atoms with Crippen LogP contribution in [0, 0.1) is 13.8 Å². The highest BCUT2D eigenvalue weighted by Crippen LogP contribution is 2.20. The molecule has 106 valence electrons. The first-order valence-corrected chi connectivity index (χ1v) is 7.72. The SMILES string of the molecule is Cc1cc(C(=O)Nc2ccc(S(C)(=O)=O)cc2C)on1. The van der Waals surface area contributed by atoms with Gasteiger partial charge in [0.1, 0.15) is 0 Å². The van der Waals surface area contributed by atoms with Crippen LogP contribution >= 0.6 is 0 Å². The number of carbonyl (C=O) groups is 1. The second kappa shape index (κ2) is 5.09. The largest absolute Gasteiger partial charge is 0.351 e. The Morgan fingerprint density at radius 3 is 2.45 bits per heavy atom. The maximum atomic E-state index is 11.9. The number of rotatable bonds is 3. The molecule has 0 radical (unpaired) electrons. The fraction of sp³-hybridized carbons (Fsp3) is 0.231. The molecule has 0 aliphatic heterocycles. The summed E-state index contributed by atoms with van der Waals surface area (Å²) >= 11 is 0. The van der Waals surface area contributed by atoms with E-state index in [1.165, 1.54) is 18.2 Å². The minimum Gasteiger partial charge on any atom is -0.351 e. The van der Waals surface area contributed by atoms with Crippen LogP contribution in [0.3, 0.4) is 0 Å². The van der Waals surface area contributed by atoms with E-state index in [2.05, 4.69) is 10.5 Å². The Labute approximate surface area is 116 Å². The molecule has 1 amide bonds. The highest BCUT2D eigenvalue weighted by molar-refractivity contribution is 7.90. The number of hydrogen-bond donors (Lipinski definition) is 1. The lowest BCUT2D eigenvalue weighted by atomic mass is 10.2. The normalized spacial score (nSPS) is 11.3. The average Bonchev–Trinajstić information content (AvgIpc) is 2.77. The van der Waals surface area contributed by atoms with Gasteiger partial charge in [0.25, 0.3) is 5.91 Å². The number of nitrogens with one attached hydrogen (secondary N) is 1. The van der Waals surface area contributed by atoms with E-state index in [1.54, 1.807) is 19.9 Å². The topological polar surface area (TPSA) is 89.3 Å². The van der Waals surface area contributed by atoms with Gasteiger partial charge in [-0.2, -0.15) is 0 Å². The van der Waals surface area contributed by atoms with E-state index >= 15 is 0 Å². The van der Waals surface area contributed by atoms with Gasteiger partial charge >= 0.3 is 0 Å². The Hall–Kier alpha value is -2.15. The van der Waals surface area contributed by atoms with Crippen molar-refractivity contribution in [3.05, 3.63) is 41.3 Å². The smallest absolute Gasteiger partial charge is 0.294 e. The lowest BCUT2D eigenvalue weighted by molar-refractivity contribution is 0.0988. The van der Waals surface area contributed by atoms with Crippen LogP contribution in [0.25, 0.3) is 0 Å². The van der Waals surface area contributed by atoms with Crippen LogP contribution in [0.2, 0.25) is 0 Å². The number of anilines is 1. The molecule has 20 heavy (non-hydrogen) atoms. The summed E-state index contributed by atoms with van der Waals surface area (Å²) in [5, 5.41) is 6.28. The lowest BCUT2D eigenvalue weighted by Gasteiger charge is -2.08. The molecule has 6 nitrogen and oxygen atoms in total. The molecule has 0 aliphatic rings. The predicted molar refractivity (Wildman–Crippen MR) is 73.5 cm³/mol. The van der Waals surface area contributed by atoms with E-state index in [4.69, 9.17) is 4.52 Å². The van der Waals surface area contributed by atoms with Crippen LogP contribution < -0.4 is 5.32 Å². The van der Waals surface area contributed by atoms with Crippen molar-refractivity contribution in [2.45, 2.75) is 18.7 Å². The molecule has 7 heteroatoms. The lowest BCUT2D eigenvalue weighted by Crippen LogP contribution is -2.12. The molecule has 1 aromatic carbocycles. The maximum Gasteiger partial charge on any atom is 0.294 e. The zero-order chi connectivity index (χ0) is 14.9. The Balaban J connectivity index is 2.25. The van der Waals surface area contributed by atoms with Gasteiger partial charge in [0.15, 0.2) is 9.84 Å². The van der Waals surface area contributed by atoms with Gasteiger partial charge in [0.2, 0.25) is 5.76 Å². The molecule has 1 aromatic heterocycles. The quantitative estimate of drug-likeness (QED) is 0.934. The number of aromatic nitrogens is 1. The summed E-state index contributed by atoms with van der Waals surface area (Å²) in [5.74, 6) is -0.324. The summed E-state index contributed by atoms with van der Waals surface area (Å²) in [6.45, 7) is 3.43. The van der Waals surface area contributed by atoms with Crippen LogP contribution in [0.1, 0.15) is 21.8 Å². The summed E-state index contributed by atoms with van der Waals surface area (Å²) in [4.78, 5) is 12.1. The predicted octanol–water partition coefficient (Wildman–Crippen LogP) is 1.95. The minimum atomic E-state index is -3.26. The van der Waals surface area contributed by atoms with Crippen molar-refractivity contribution in [2.24, 2.45) is 0 Å². The van der Waals surface area contributed by atoms with Crippen molar-refractivity contribution in [1.29, 1.82) is 0 Å². The molecule has 0 bridgehead atoms. The number of carbonyl (C=O) groups excluding carboxylic acids is 1. The van der Waals surface area contributed by atoms with Gasteiger partial charge in [-0.25, -0.2) is 8.42 Å². The minimum absolute atomic E-state index is 0.106. The number of aryl methyl sites for hydroxylation is 2. The third-order valence-electron chi connectivity index (χ3n) is 2.73. The molecule has 0 atom stereocenters. The third kappa shape index (κ3) is 3.05. The Morgan fingerprint density at radius 1 is 1.25 bits per heavy atom. The van der Waals surface area contributed by atoms with Crippen molar-refractivity contribution < 1.29 is 17.7 Å². The molecular formula is C13H14N2O4S. The Bertz CT molecular complexity index is 762. The van der Waals surface area contributed by atoms with Crippen molar-refractivity contribution in [3.63, 3.8) is 0 Å². The second-order valence-electron chi connectivity index (χ2n) is 4.54. The van der Waals surface area contributed by atoms with Crippen LogP contribution in [-0.4, -0.2) is 25.7 Å². The molecule has 0 aliphatic carbocycles. The van der Waals surface area contributed by atoms with E-state index < -0.39 is 15.7 Å². The first-order chi connectivity index (χ1) is 9.27. The van der Waals surface area contributed by atoms with Gasteiger partial charge in [-0.1, -0.05) is 5.16 Å². The fourth-order valence-electron chi connectivity index (χ4n) is 1.66. The van der Waals surface area contributed by atoms with E-state index in [0.717, 1.165) is 6.26 Å². The first kappa shape index (κ1) is 14.3. The zero-order valence-electron chi connectivity index (χ0n) is 11.3. The number of amides is 1. The second-order valence-corrected chi connectivity index (χ2v) is 6.55. The summed E-state index contributed by atoms with van der Waals surface area (Å²) in [5.41, 5.74) is 1.79. The molecule has 1 N–H and O–H groups in total. The molecule has 2 aromatic rings. The zero-order valence-corrected chi connectivity index (χ0v) is 12.1. The molecule has 0 unspecified atom stereocenters. The number of sulfone groups is 1. The van der Waals surface area contributed by atoms with Gasteiger partial charge in [0.05, 0.1) is 10.6 Å². The van der Waals surface area contributed by atoms with Gasteiger partial charge in [-0.05, 0) is 37.6 Å². The van der Waals surface area contributed by atoms with Crippen LogP contribution in [0.5, 0.6) is 0 Å². The highest BCUT2D eigenvalue weighted by Gasteiger charge is 2.14. The Kier molecular flexibility index (Phi) is 3.63. The number of hydrogen-bond acceptors (Lipinski definition) is 5. The summed E-state index contributed by atoms with van der Waals surface area (Å²) in [6.07, 6.45) is 1.14. The monoisotopic (exact) mass is 294 g/mol. The number of benzene rings is 1. The van der Waals surface area contributed by atoms with Crippen molar-refractivity contribution in [1.82, 2.24) is 5.16 Å². The molecule has 0 spiro atoms. The van der Waals surface area contributed by atoms with E-state index in [1.807, 2.05) is 0 Å². The van der Waals surface area contributed by atoms with E-state index in [-0.39, 0.29) is 10.7 Å². The first-order valence-electron chi connectivity index (χ1n) is 5.83.